The smallest absolute Gasteiger partial charge is 0.247 e. The van der Waals surface area contributed by atoms with Crippen molar-refractivity contribution < 1.29 is 14.3 Å². The lowest BCUT2D eigenvalue weighted by atomic mass is 9.89. The van der Waals surface area contributed by atoms with Crippen LogP contribution in [0.4, 0.5) is 0 Å². The molecule has 0 radical (unpaired) electrons. The highest BCUT2D eigenvalue weighted by molar-refractivity contribution is 5.92. The van der Waals surface area contributed by atoms with Gasteiger partial charge in [0.25, 0.3) is 0 Å². The minimum Gasteiger partial charge on any atom is -0.489 e. The summed E-state index contributed by atoms with van der Waals surface area (Å²) in [6.45, 7) is 7.86. The molecule has 0 fully saturated rings. The van der Waals surface area contributed by atoms with Crippen molar-refractivity contribution in [1.29, 1.82) is 0 Å². The average molecular weight is 513 g/mol. The zero-order chi connectivity index (χ0) is 26.9. The molecular formula is C33H40N2O3. The van der Waals surface area contributed by atoms with E-state index in [1.807, 2.05) is 85.8 Å². The van der Waals surface area contributed by atoms with Crippen molar-refractivity contribution in [3.63, 3.8) is 0 Å². The summed E-state index contributed by atoms with van der Waals surface area (Å²) in [6, 6.07) is 25.1. The van der Waals surface area contributed by atoms with Gasteiger partial charge < -0.3 is 15.0 Å². The number of carbonyl (C=O) groups is 2. The Balaban J connectivity index is 1.56. The minimum absolute atomic E-state index is 0.0227. The Labute approximate surface area is 227 Å². The monoisotopic (exact) mass is 512 g/mol. The molecule has 0 aromatic heterocycles. The van der Waals surface area contributed by atoms with Crippen LogP contribution in [0.15, 0.2) is 78.9 Å². The van der Waals surface area contributed by atoms with E-state index in [2.05, 4.69) is 19.2 Å². The summed E-state index contributed by atoms with van der Waals surface area (Å²) < 4.78 is 6.06. The van der Waals surface area contributed by atoms with Crippen LogP contribution in [0, 0.1) is 5.92 Å². The predicted octanol–water partition coefficient (Wildman–Crippen LogP) is 6.44. The second-order valence-corrected chi connectivity index (χ2v) is 10.4. The molecule has 3 aromatic rings. The molecule has 3 unspecified atom stereocenters. The zero-order valence-electron chi connectivity index (χ0n) is 22.9. The summed E-state index contributed by atoms with van der Waals surface area (Å²) in [7, 11) is 0. The van der Waals surface area contributed by atoms with Crippen molar-refractivity contribution >= 4 is 11.8 Å². The van der Waals surface area contributed by atoms with Gasteiger partial charge in [0.2, 0.25) is 11.8 Å². The molecule has 4 rings (SSSR count). The third-order valence-corrected chi connectivity index (χ3v) is 7.47. The van der Waals surface area contributed by atoms with Crippen molar-refractivity contribution in [2.45, 2.75) is 65.0 Å². The van der Waals surface area contributed by atoms with Crippen LogP contribution in [-0.4, -0.2) is 29.8 Å². The lowest BCUT2D eigenvalue weighted by Crippen LogP contribution is -2.49. The van der Waals surface area contributed by atoms with Gasteiger partial charge in [0.05, 0.1) is 5.92 Å². The Morgan fingerprint density at radius 3 is 2.42 bits per heavy atom. The molecule has 1 heterocycles. The Morgan fingerprint density at radius 2 is 1.71 bits per heavy atom. The molecule has 0 saturated heterocycles. The molecule has 0 spiro atoms. The van der Waals surface area contributed by atoms with E-state index in [0.29, 0.717) is 32.0 Å². The standard InChI is InChI=1S/C33H40N2O3/c1-4-5-12-24(2)22-34-32(36)31-30-18-17-29(38-23-26-13-8-6-9-14-26)21-28(30)19-20-35(31)33(37)25(3)27-15-10-7-11-16-27/h6-11,13-18,21,24-25,31H,4-5,12,19-20,22-23H2,1-3H3,(H,34,36). The molecule has 0 aliphatic carbocycles. The molecule has 5 heteroatoms. The number of nitrogens with one attached hydrogen (secondary N) is 1. The van der Waals surface area contributed by atoms with Gasteiger partial charge in [0.1, 0.15) is 18.4 Å². The van der Waals surface area contributed by atoms with E-state index in [1.165, 1.54) is 0 Å². The SMILES string of the molecule is CCCCC(C)CNC(=O)C1c2ccc(OCc3ccccc3)cc2CCN1C(=O)C(C)c1ccccc1. The van der Waals surface area contributed by atoms with Crippen LogP contribution < -0.4 is 10.1 Å². The molecule has 0 bridgehead atoms. The van der Waals surface area contributed by atoms with Crippen molar-refractivity contribution in [3.8, 4) is 5.75 Å². The topological polar surface area (TPSA) is 58.6 Å². The van der Waals surface area contributed by atoms with E-state index in [9.17, 15) is 9.59 Å². The van der Waals surface area contributed by atoms with E-state index in [-0.39, 0.29) is 17.7 Å². The van der Waals surface area contributed by atoms with Crippen LogP contribution in [0.25, 0.3) is 0 Å². The molecule has 3 aromatic carbocycles. The van der Waals surface area contributed by atoms with Crippen LogP contribution in [0.1, 0.15) is 74.2 Å². The second kappa shape index (κ2) is 13.3. The second-order valence-electron chi connectivity index (χ2n) is 10.4. The van der Waals surface area contributed by atoms with Crippen molar-refractivity contribution in [2.75, 3.05) is 13.1 Å². The number of unbranched alkanes of at least 4 members (excludes halogenated alkanes) is 1. The molecule has 200 valence electrons. The van der Waals surface area contributed by atoms with E-state index in [4.69, 9.17) is 4.74 Å². The summed E-state index contributed by atoms with van der Waals surface area (Å²) in [5.74, 6) is 0.705. The molecule has 0 saturated carbocycles. The van der Waals surface area contributed by atoms with Crippen LogP contribution >= 0.6 is 0 Å². The van der Waals surface area contributed by atoms with E-state index >= 15 is 0 Å². The summed E-state index contributed by atoms with van der Waals surface area (Å²) in [5.41, 5.74) is 4.01. The lowest BCUT2D eigenvalue weighted by molar-refractivity contribution is -0.142. The maximum atomic E-state index is 13.8. The van der Waals surface area contributed by atoms with Gasteiger partial charge in [-0.2, -0.15) is 0 Å². The Kier molecular flexibility index (Phi) is 9.58. The quantitative estimate of drug-likeness (QED) is 0.322. The maximum absolute atomic E-state index is 13.8. The number of hydrogen-bond donors (Lipinski definition) is 1. The van der Waals surface area contributed by atoms with Gasteiger partial charge in [-0.05, 0) is 60.1 Å². The van der Waals surface area contributed by atoms with Crippen LogP contribution in [0.2, 0.25) is 0 Å². The van der Waals surface area contributed by atoms with Gasteiger partial charge in [0.15, 0.2) is 0 Å². The molecule has 2 amide bonds. The molecule has 5 nitrogen and oxygen atoms in total. The van der Waals surface area contributed by atoms with E-state index in [0.717, 1.165) is 47.3 Å². The Bertz CT molecular complexity index is 1200. The van der Waals surface area contributed by atoms with Crippen molar-refractivity contribution in [1.82, 2.24) is 10.2 Å². The minimum atomic E-state index is -0.654. The summed E-state index contributed by atoms with van der Waals surface area (Å²) in [4.78, 5) is 29.2. The van der Waals surface area contributed by atoms with Gasteiger partial charge in [-0.3, -0.25) is 9.59 Å². The molecule has 3 atom stereocenters. The van der Waals surface area contributed by atoms with Gasteiger partial charge in [0, 0.05) is 13.1 Å². The van der Waals surface area contributed by atoms with Gasteiger partial charge in [-0.25, -0.2) is 0 Å². The fourth-order valence-electron chi connectivity index (χ4n) is 5.11. The zero-order valence-corrected chi connectivity index (χ0v) is 22.9. The molecule has 38 heavy (non-hydrogen) atoms. The summed E-state index contributed by atoms with van der Waals surface area (Å²) in [6.07, 6.45) is 4.05. The largest absolute Gasteiger partial charge is 0.489 e. The van der Waals surface area contributed by atoms with Crippen molar-refractivity contribution in [3.05, 3.63) is 101 Å². The molecular weight excluding hydrogens is 472 g/mol. The van der Waals surface area contributed by atoms with Crippen LogP contribution in [-0.2, 0) is 22.6 Å². The lowest BCUT2D eigenvalue weighted by Gasteiger charge is -2.38. The van der Waals surface area contributed by atoms with E-state index < -0.39 is 6.04 Å². The third kappa shape index (κ3) is 6.83. The number of rotatable bonds is 11. The Hall–Kier alpha value is -3.60. The average Bonchev–Trinajstić information content (AvgIpc) is 2.97. The third-order valence-electron chi connectivity index (χ3n) is 7.47. The number of fused-ring (bicyclic) bond motifs is 1. The fraction of sp³-hybridized carbons (Fsp3) is 0.394. The highest BCUT2D eigenvalue weighted by Gasteiger charge is 2.38. The first-order valence-corrected chi connectivity index (χ1v) is 13.9. The number of benzene rings is 3. The van der Waals surface area contributed by atoms with Gasteiger partial charge in [-0.15, -0.1) is 0 Å². The Morgan fingerprint density at radius 1 is 1.00 bits per heavy atom. The number of carbonyl (C=O) groups excluding carboxylic acids is 2. The fourth-order valence-corrected chi connectivity index (χ4v) is 5.11. The molecule has 1 aliphatic rings. The maximum Gasteiger partial charge on any atom is 0.247 e. The van der Waals surface area contributed by atoms with Crippen LogP contribution in [0.3, 0.4) is 0 Å². The normalized spacial score (nSPS) is 16.3. The number of nitrogens with zero attached hydrogens (tertiary/aromatic N) is 1. The number of hydrogen-bond acceptors (Lipinski definition) is 3. The van der Waals surface area contributed by atoms with Gasteiger partial charge in [-0.1, -0.05) is 93.4 Å². The molecule has 1 N–H and O–H groups in total. The molecule has 1 aliphatic heterocycles. The number of amides is 2. The van der Waals surface area contributed by atoms with Crippen molar-refractivity contribution in [2.24, 2.45) is 5.92 Å². The first kappa shape index (κ1) is 27.4. The van der Waals surface area contributed by atoms with Gasteiger partial charge >= 0.3 is 0 Å². The highest BCUT2D eigenvalue weighted by atomic mass is 16.5. The first-order valence-electron chi connectivity index (χ1n) is 13.9. The number of ether oxygens (including phenoxy) is 1. The summed E-state index contributed by atoms with van der Waals surface area (Å²) >= 11 is 0. The first-order chi connectivity index (χ1) is 18.5. The van der Waals surface area contributed by atoms with E-state index in [1.54, 1.807) is 4.90 Å². The predicted molar refractivity (Wildman–Crippen MR) is 152 cm³/mol. The summed E-state index contributed by atoms with van der Waals surface area (Å²) in [5, 5.41) is 3.16. The van der Waals surface area contributed by atoms with Crippen LogP contribution in [0.5, 0.6) is 5.75 Å². The highest BCUT2D eigenvalue weighted by Crippen LogP contribution is 2.35.